The lowest BCUT2D eigenvalue weighted by Gasteiger charge is -2.21. The smallest absolute Gasteiger partial charge is 0.462 e. The first-order valence-electron chi connectivity index (χ1n) is 38.1. The Morgan fingerprint density at radius 2 is 0.500 bits per heavy atom. The van der Waals surface area contributed by atoms with Gasteiger partial charge in [-0.3, -0.25) is 37.3 Å². The van der Waals surface area contributed by atoms with Gasteiger partial charge in [0, 0.05) is 25.7 Å². The van der Waals surface area contributed by atoms with Crippen LogP contribution in [0.4, 0.5) is 0 Å². The minimum atomic E-state index is -4.95. The number of phosphoric acid groups is 2. The van der Waals surface area contributed by atoms with Gasteiger partial charge in [0.15, 0.2) is 12.2 Å². The molecule has 0 radical (unpaired) electrons. The maximum Gasteiger partial charge on any atom is 0.472 e. The third-order valence-electron chi connectivity index (χ3n) is 17.0. The fraction of sp³-hybridized carbons (Fsp3) is 0.945. The first-order valence-corrected chi connectivity index (χ1v) is 41.1. The van der Waals surface area contributed by atoms with Crippen LogP contribution in [0.25, 0.3) is 0 Å². The molecule has 0 saturated heterocycles. The van der Waals surface area contributed by atoms with Crippen LogP contribution in [0.15, 0.2) is 0 Å². The zero-order valence-corrected chi connectivity index (χ0v) is 61.5. The molecular formula is C73H142O17P2. The predicted molar refractivity (Wildman–Crippen MR) is 372 cm³/mol. The fourth-order valence-electron chi connectivity index (χ4n) is 11.2. The molecule has 0 rings (SSSR count). The van der Waals surface area contributed by atoms with E-state index in [0.717, 1.165) is 102 Å². The van der Waals surface area contributed by atoms with Gasteiger partial charge < -0.3 is 33.8 Å². The van der Waals surface area contributed by atoms with Gasteiger partial charge in [-0.2, -0.15) is 0 Å². The Kier molecular flexibility index (Phi) is 64.9. The van der Waals surface area contributed by atoms with Gasteiger partial charge in [-0.05, 0) is 31.6 Å². The first kappa shape index (κ1) is 90.1. The van der Waals surface area contributed by atoms with E-state index in [1.54, 1.807) is 0 Å². The van der Waals surface area contributed by atoms with E-state index < -0.39 is 97.5 Å². The van der Waals surface area contributed by atoms with E-state index >= 15 is 0 Å². The Bertz CT molecular complexity index is 1770. The van der Waals surface area contributed by atoms with Crippen molar-refractivity contribution in [2.45, 2.75) is 400 Å². The molecule has 0 fully saturated rings. The Hall–Kier alpha value is -1.94. The second-order valence-corrected chi connectivity index (χ2v) is 29.7. The average molecular weight is 1350 g/mol. The molecule has 3 N–H and O–H groups in total. The van der Waals surface area contributed by atoms with Gasteiger partial charge in [0.05, 0.1) is 26.4 Å². The standard InChI is InChI=1S/C73H142O17P2/c1-6-9-12-15-17-19-21-23-25-27-28-30-32-34-39-43-48-53-58-73(78)90-69(63-84-71(76)57-52-47-42-38-33-31-29-26-24-22-20-18-16-13-10-7-2)65-88-92(81,82)86-61-67(74)60-85-91(79,80)87-64-68(62-83-70(75)56-51-45-14-11-8-3)89-72(77)59-54-49-44-40-36-35-37-41-46-50-55-66(4)5/h66-69,74H,6-65H2,1-5H3,(H,79,80)(H,81,82)/t67-,68+,69+/m0/s1. The molecule has 0 spiro atoms. The summed E-state index contributed by atoms with van der Waals surface area (Å²) in [7, 11) is -9.90. The molecule has 0 aromatic rings. The van der Waals surface area contributed by atoms with Gasteiger partial charge >= 0.3 is 39.5 Å². The minimum absolute atomic E-state index is 0.105. The number of esters is 4. The average Bonchev–Trinajstić information content (AvgIpc) is 3.70. The molecule has 0 aromatic carbocycles. The molecule has 0 heterocycles. The molecular weight excluding hydrogens is 1210 g/mol. The molecule has 0 amide bonds. The zero-order chi connectivity index (χ0) is 67.7. The van der Waals surface area contributed by atoms with E-state index in [1.165, 1.54) is 199 Å². The number of carbonyl (C=O) groups is 4. The summed E-state index contributed by atoms with van der Waals surface area (Å²) in [6.07, 6.45) is 54.5. The van der Waals surface area contributed by atoms with Gasteiger partial charge in [-0.25, -0.2) is 9.13 Å². The van der Waals surface area contributed by atoms with E-state index in [2.05, 4.69) is 34.6 Å². The largest absolute Gasteiger partial charge is 0.472 e. The number of aliphatic hydroxyl groups is 1. The van der Waals surface area contributed by atoms with Crippen molar-refractivity contribution in [3.63, 3.8) is 0 Å². The Morgan fingerprint density at radius 3 is 0.739 bits per heavy atom. The molecule has 0 bridgehead atoms. The number of unbranched alkanes of at least 4 members (excludes halogenated alkanes) is 45. The normalized spacial score (nSPS) is 14.0. The Labute approximate surface area is 562 Å². The highest BCUT2D eigenvalue weighted by atomic mass is 31.2. The Balaban J connectivity index is 5.15. The topological polar surface area (TPSA) is 237 Å². The summed E-state index contributed by atoms with van der Waals surface area (Å²) in [4.78, 5) is 72.4. The highest BCUT2D eigenvalue weighted by Crippen LogP contribution is 2.45. The second kappa shape index (κ2) is 66.3. The molecule has 0 aliphatic rings. The summed E-state index contributed by atoms with van der Waals surface area (Å²) in [5.74, 6) is -1.38. The van der Waals surface area contributed by atoms with Crippen LogP contribution in [-0.2, 0) is 65.4 Å². The number of carbonyl (C=O) groups excluding carboxylic acids is 4. The minimum Gasteiger partial charge on any atom is -0.462 e. The first-order chi connectivity index (χ1) is 44.5. The third kappa shape index (κ3) is 66.7. The van der Waals surface area contributed by atoms with E-state index in [1.807, 2.05) is 0 Å². The molecule has 546 valence electrons. The van der Waals surface area contributed by atoms with Crippen LogP contribution in [0.3, 0.4) is 0 Å². The van der Waals surface area contributed by atoms with Crippen LogP contribution < -0.4 is 0 Å². The van der Waals surface area contributed by atoms with E-state index in [-0.39, 0.29) is 25.7 Å². The number of aliphatic hydroxyl groups excluding tert-OH is 1. The second-order valence-electron chi connectivity index (χ2n) is 26.8. The monoisotopic (exact) mass is 1350 g/mol. The summed E-state index contributed by atoms with van der Waals surface area (Å²) >= 11 is 0. The van der Waals surface area contributed by atoms with E-state index in [9.17, 15) is 43.2 Å². The van der Waals surface area contributed by atoms with Crippen molar-refractivity contribution in [3.05, 3.63) is 0 Å². The number of ether oxygens (including phenoxy) is 4. The van der Waals surface area contributed by atoms with Crippen LogP contribution in [-0.4, -0.2) is 96.7 Å². The van der Waals surface area contributed by atoms with Crippen LogP contribution in [0.1, 0.15) is 381 Å². The number of hydrogen-bond acceptors (Lipinski definition) is 15. The third-order valence-corrected chi connectivity index (χ3v) is 18.9. The quantitative estimate of drug-likeness (QED) is 0.0222. The van der Waals surface area contributed by atoms with Crippen molar-refractivity contribution in [1.29, 1.82) is 0 Å². The van der Waals surface area contributed by atoms with Crippen molar-refractivity contribution in [3.8, 4) is 0 Å². The zero-order valence-electron chi connectivity index (χ0n) is 59.7. The SMILES string of the molecule is CCCCCCCCCCCCCCCCCCCCC(=O)O[C@H](COC(=O)CCCCCCCCCCCCCCCCCC)COP(=O)(O)OC[C@@H](O)COP(=O)(O)OC[C@@H](COC(=O)CCCCCCC)OC(=O)CCCCCCCCCCCCC(C)C. The lowest BCUT2D eigenvalue weighted by Crippen LogP contribution is -2.30. The van der Waals surface area contributed by atoms with Crippen molar-refractivity contribution in [2.24, 2.45) is 5.92 Å². The van der Waals surface area contributed by atoms with Crippen molar-refractivity contribution < 1.29 is 80.2 Å². The van der Waals surface area contributed by atoms with Crippen LogP contribution in [0, 0.1) is 5.92 Å². The highest BCUT2D eigenvalue weighted by Gasteiger charge is 2.30. The van der Waals surface area contributed by atoms with Gasteiger partial charge in [0.2, 0.25) is 0 Å². The molecule has 0 saturated carbocycles. The molecule has 0 aliphatic heterocycles. The van der Waals surface area contributed by atoms with E-state index in [4.69, 9.17) is 37.0 Å². The van der Waals surface area contributed by atoms with Crippen LogP contribution in [0.5, 0.6) is 0 Å². The van der Waals surface area contributed by atoms with Gasteiger partial charge in [-0.1, -0.05) is 330 Å². The van der Waals surface area contributed by atoms with E-state index in [0.29, 0.717) is 25.7 Å². The van der Waals surface area contributed by atoms with Gasteiger partial charge in [0.1, 0.15) is 19.3 Å². The molecule has 19 heteroatoms. The molecule has 17 nitrogen and oxygen atoms in total. The summed E-state index contributed by atoms with van der Waals surface area (Å²) in [6, 6.07) is 0. The predicted octanol–water partition coefficient (Wildman–Crippen LogP) is 21.3. The lowest BCUT2D eigenvalue weighted by molar-refractivity contribution is -0.161. The molecule has 0 aliphatic carbocycles. The van der Waals surface area contributed by atoms with Crippen molar-refractivity contribution in [1.82, 2.24) is 0 Å². The highest BCUT2D eigenvalue weighted by molar-refractivity contribution is 7.47. The fourth-order valence-corrected chi connectivity index (χ4v) is 12.8. The van der Waals surface area contributed by atoms with Gasteiger partial charge in [-0.15, -0.1) is 0 Å². The number of phosphoric ester groups is 2. The molecule has 0 aromatic heterocycles. The number of hydrogen-bond donors (Lipinski definition) is 3. The Morgan fingerprint density at radius 1 is 0.293 bits per heavy atom. The summed E-state index contributed by atoms with van der Waals surface area (Å²) < 4.78 is 68.2. The lowest BCUT2D eigenvalue weighted by atomic mass is 10.0. The van der Waals surface area contributed by atoms with Crippen molar-refractivity contribution in [2.75, 3.05) is 39.6 Å². The molecule has 2 unspecified atom stereocenters. The van der Waals surface area contributed by atoms with Gasteiger partial charge in [0.25, 0.3) is 0 Å². The number of rotatable bonds is 73. The summed E-state index contributed by atoms with van der Waals surface area (Å²) in [5.41, 5.74) is 0. The maximum absolute atomic E-state index is 13.0. The molecule has 5 atom stereocenters. The maximum atomic E-state index is 13.0. The van der Waals surface area contributed by atoms with Crippen molar-refractivity contribution >= 4 is 39.5 Å². The molecule has 92 heavy (non-hydrogen) atoms. The van der Waals surface area contributed by atoms with Crippen LogP contribution in [0.2, 0.25) is 0 Å². The summed E-state index contributed by atoms with van der Waals surface area (Å²) in [5, 5.41) is 10.6. The van der Waals surface area contributed by atoms with Crippen LogP contribution >= 0.6 is 15.6 Å². The summed E-state index contributed by atoms with van der Waals surface area (Å²) in [6.45, 7) is 7.18.